The fraction of sp³-hybridized carbons (Fsp3) is 0.385. The second-order valence-electron chi connectivity index (χ2n) is 4.50. The van der Waals surface area contributed by atoms with Gasteiger partial charge in [-0.15, -0.1) is 0 Å². The maximum atomic E-state index is 12.0. The summed E-state index contributed by atoms with van der Waals surface area (Å²) in [5, 5.41) is 0. The summed E-state index contributed by atoms with van der Waals surface area (Å²) in [7, 11) is 3.80. The molecule has 4 heteroatoms. The van der Waals surface area contributed by atoms with E-state index in [1.807, 2.05) is 42.1 Å². The number of fused-ring (bicyclic) bond motifs is 1. The van der Waals surface area contributed by atoms with Crippen LogP contribution in [0.2, 0.25) is 0 Å². The highest BCUT2D eigenvalue weighted by Gasteiger charge is 2.24. The lowest BCUT2D eigenvalue weighted by Crippen LogP contribution is -2.36. The minimum Gasteiger partial charge on any atom is -0.311 e. The van der Waals surface area contributed by atoms with E-state index in [4.69, 9.17) is 0 Å². The number of carbonyl (C=O) groups excluding carboxylic acids is 1. The van der Waals surface area contributed by atoms with Crippen LogP contribution in [0.3, 0.4) is 0 Å². The van der Waals surface area contributed by atoms with E-state index in [0.29, 0.717) is 6.54 Å². The van der Waals surface area contributed by atoms with Crippen LogP contribution in [0.25, 0.3) is 0 Å². The van der Waals surface area contributed by atoms with Crippen molar-refractivity contribution >= 4 is 24.0 Å². The van der Waals surface area contributed by atoms with Crippen LogP contribution in [0.15, 0.2) is 23.2 Å². The van der Waals surface area contributed by atoms with Crippen LogP contribution in [0, 0.1) is 0 Å². The molecule has 90 valence electrons. The molecule has 1 heterocycles. The van der Waals surface area contributed by atoms with Gasteiger partial charge in [0.25, 0.3) is 0 Å². The average Bonchev–Trinajstić information content (AvgIpc) is 2.70. The number of benzene rings is 1. The summed E-state index contributed by atoms with van der Waals surface area (Å²) >= 11 is 0. The summed E-state index contributed by atoms with van der Waals surface area (Å²) in [4.78, 5) is 19.7. The maximum Gasteiger partial charge on any atom is 0.241 e. The number of rotatable bonds is 3. The molecule has 1 aromatic carbocycles. The lowest BCUT2D eigenvalue weighted by molar-refractivity contribution is -0.119. The third-order valence-corrected chi connectivity index (χ3v) is 2.89. The minimum atomic E-state index is 0.146. The quantitative estimate of drug-likeness (QED) is 0.738. The molecule has 0 bridgehead atoms. The van der Waals surface area contributed by atoms with Gasteiger partial charge in [0.15, 0.2) is 0 Å². The molecule has 0 radical (unpaired) electrons. The number of hydrogen-bond acceptors (Lipinski definition) is 3. The van der Waals surface area contributed by atoms with Gasteiger partial charge in [-0.3, -0.25) is 9.79 Å². The molecule has 4 nitrogen and oxygen atoms in total. The molecule has 0 fully saturated rings. The molecule has 0 saturated carbocycles. The van der Waals surface area contributed by atoms with Gasteiger partial charge in [0, 0.05) is 12.2 Å². The lowest BCUT2D eigenvalue weighted by atomic mass is 10.1. The zero-order chi connectivity index (χ0) is 12.4. The molecule has 1 aliphatic heterocycles. The summed E-state index contributed by atoms with van der Waals surface area (Å²) in [5.41, 5.74) is 3.07. The predicted octanol–water partition coefficient (Wildman–Crippen LogP) is 1.47. The number of anilines is 1. The molecule has 17 heavy (non-hydrogen) atoms. The van der Waals surface area contributed by atoms with E-state index in [1.54, 1.807) is 0 Å². The van der Waals surface area contributed by atoms with Gasteiger partial charge in [0.05, 0.1) is 12.2 Å². The van der Waals surface area contributed by atoms with Crippen LogP contribution in [0.1, 0.15) is 5.56 Å². The lowest BCUT2D eigenvalue weighted by Gasteiger charge is -2.19. The second-order valence-corrected chi connectivity index (χ2v) is 4.50. The molecule has 0 spiro atoms. The Balaban J connectivity index is 2.22. The number of likely N-dealkylation sites (N-methyl/N-ethyl adjacent to an activating group) is 1. The highest BCUT2D eigenvalue weighted by atomic mass is 16.2. The Morgan fingerprint density at radius 3 is 2.94 bits per heavy atom. The summed E-state index contributed by atoms with van der Waals surface area (Å²) in [6.07, 6.45) is 0.901. The fourth-order valence-corrected chi connectivity index (χ4v) is 2.10. The van der Waals surface area contributed by atoms with Crippen molar-refractivity contribution in [1.29, 1.82) is 0 Å². The summed E-state index contributed by atoms with van der Waals surface area (Å²) in [6.45, 7) is 4.72. The Labute approximate surface area is 102 Å². The van der Waals surface area contributed by atoms with Crippen molar-refractivity contribution in [1.82, 2.24) is 4.90 Å². The topological polar surface area (TPSA) is 35.9 Å². The van der Waals surface area contributed by atoms with E-state index < -0.39 is 0 Å². The van der Waals surface area contributed by atoms with Crippen LogP contribution >= 0.6 is 0 Å². The number of hydrogen-bond donors (Lipinski definition) is 0. The van der Waals surface area contributed by atoms with Gasteiger partial charge < -0.3 is 9.80 Å². The number of aliphatic imine (C=N–C) groups is 1. The molecular weight excluding hydrogens is 214 g/mol. The van der Waals surface area contributed by atoms with Crippen molar-refractivity contribution in [3.63, 3.8) is 0 Å². The van der Waals surface area contributed by atoms with E-state index in [0.717, 1.165) is 24.3 Å². The number of nitrogens with zero attached hydrogens (tertiary/aromatic N) is 3. The Hall–Kier alpha value is -1.68. The number of carbonyl (C=O) groups is 1. The van der Waals surface area contributed by atoms with Gasteiger partial charge in [-0.1, -0.05) is 0 Å². The highest BCUT2D eigenvalue weighted by Crippen LogP contribution is 2.31. The standard InChI is InChI=1S/C13H17N3O/c1-14-11-4-5-12-10(8-11)6-7-16(12)13(17)9-15(2)3/h4-5,8H,1,6-7,9H2,2-3H3. The first-order valence-corrected chi connectivity index (χ1v) is 5.66. The van der Waals surface area contributed by atoms with Crippen LogP contribution in [0.5, 0.6) is 0 Å². The highest BCUT2D eigenvalue weighted by molar-refractivity contribution is 5.97. The largest absolute Gasteiger partial charge is 0.311 e. The van der Waals surface area contributed by atoms with Gasteiger partial charge in [-0.25, -0.2) is 0 Å². The first-order valence-electron chi connectivity index (χ1n) is 5.66. The van der Waals surface area contributed by atoms with Crippen LogP contribution < -0.4 is 4.90 Å². The zero-order valence-corrected chi connectivity index (χ0v) is 10.3. The SMILES string of the molecule is C=Nc1ccc2c(c1)CCN2C(=O)CN(C)C. The summed E-state index contributed by atoms with van der Waals surface area (Å²) in [6, 6.07) is 5.86. The summed E-state index contributed by atoms with van der Waals surface area (Å²) < 4.78 is 0. The van der Waals surface area contributed by atoms with E-state index >= 15 is 0 Å². The van der Waals surface area contributed by atoms with Gasteiger partial charge in [0.1, 0.15) is 0 Å². The molecule has 0 aromatic heterocycles. The average molecular weight is 231 g/mol. The van der Waals surface area contributed by atoms with Crippen molar-refractivity contribution in [3.8, 4) is 0 Å². The molecule has 2 rings (SSSR count). The monoisotopic (exact) mass is 231 g/mol. The molecule has 1 aromatic rings. The molecule has 0 unspecified atom stereocenters. The normalized spacial score (nSPS) is 13.9. The van der Waals surface area contributed by atoms with Crippen LogP contribution in [0.4, 0.5) is 11.4 Å². The molecule has 0 N–H and O–H groups in total. The third kappa shape index (κ3) is 2.36. The Morgan fingerprint density at radius 1 is 1.53 bits per heavy atom. The molecule has 0 aliphatic carbocycles. The van der Waals surface area contributed by atoms with Gasteiger partial charge in [0.2, 0.25) is 5.91 Å². The van der Waals surface area contributed by atoms with Crippen molar-refractivity contribution in [2.75, 3.05) is 32.1 Å². The van der Waals surface area contributed by atoms with E-state index in [2.05, 4.69) is 11.7 Å². The number of amides is 1. The van der Waals surface area contributed by atoms with Gasteiger partial charge in [-0.2, -0.15) is 0 Å². The smallest absolute Gasteiger partial charge is 0.241 e. The minimum absolute atomic E-state index is 0.146. The maximum absolute atomic E-state index is 12.0. The van der Waals surface area contributed by atoms with Gasteiger partial charge in [-0.05, 0) is 51.0 Å². The summed E-state index contributed by atoms with van der Waals surface area (Å²) in [5.74, 6) is 0.146. The molecule has 0 atom stereocenters. The molecule has 1 amide bonds. The Bertz CT molecular complexity index is 454. The van der Waals surface area contributed by atoms with Crippen LogP contribution in [-0.4, -0.2) is 44.7 Å². The van der Waals surface area contributed by atoms with Crippen molar-refractivity contribution in [2.24, 2.45) is 4.99 Å². The molecule has 0 saturated heterocycles. The van der Waals surface area contributed by atoms with E-state index in [1.165, 1.54) is 5.56 Å². The van der Waals surface area contributed by atoms with Crippen molar-refractivity contribution < 1.29 is 4.79 Å². The fourth-order valence-electron chi connectivity index (χ4n) is 2.10. The zero-order valence-electron chi connectivity index (χ0n) is 10.3. The van der Waals surface area contributed by atoms with Crippen LogP contribution in [-0.2, 0) is 11.2 Å². The second kappa shape index (κ2) is 4.67. The van der Waals surface area contributed by atoms with E-state index in [9.17, 15) is 4.79 Å². The Morgan fingerprint density at radius 2 is 2.29 bits per heavy atom. The molecule has 1 aliphatic rings. The third-order valence-electron chi connectivity index (χ3n) is 2.89. The predicted molar refractivity (Wildman–Crippen MR) is 70.3 cm³/mol. The molecular formula is C13H17N3O. The van der Waals surface area contributed by atoms with E-state index in [-0.39, 0.29) is 5.91 Å². The van der Waals surface area contributed by atoms with Crippen molar-refractivity contribution in [2.45, 2.75) is 6.42 Å². The first kappa shape index (κ1) is 11.8. The first-order chi connectivity index (χ1) is 8.11. The van der Waals surface area contributed by atoms with Gasteiger partial charge >= 0.3 is 0 Å². The Kier molecular flexibility index (Phi) is 3.24. The van der Waals surface area contributed by atoms with Crippen molar-refractivity contribution in [3.05, 3.63) is 23.8 Å².